The summed E-state index contributed by atoms with van der Waals surface area (Å²) in [6, 6.07) is 5.86. The maximum Gasteiger partial charge on any atom is 0.330 e. The number of Topliss-reactive ketones (excluding diaryl/α,β-unsaturated/α-hetero) is 1. The van der Waals surface area contributed by atoms with E-state index in [0.29, 0.717) is 11.1 Å². The van der Waals surface area contributed by atoms with E-state index in [1.54, 1.807) is 30.3 Å². The fourth-order valence-corrected chi connectivity index (χ4v) is 3.37. The van der Waals surface area contributed by atoms with E-state index in [2.05, 4.69) is 11.6 Å². The Morgan fingerprint density at radius 3 is 2.50 bits per heavy atom. The second-order valence-electron chi connectivity index (χ2n) is 5.76. The lowest BCUT2D eigenvalue weighted by Crippen LogP contribution is -2.69. The number of fused-ring (bicyclic) bond motifs is 1. The third kappa shape index (κ3) is 2.28. The van der Waals surface area contributed by atoms with E-state index >= 15 is 0 Å². The van der Waals surface area contributed by atoms with Gasteiger partial charge in [0.25, 0.3) is 5.91 Å². The number of carboxylic acids is 1. The maximum absolute atomic E-state index is 12.5. The van der Waals surface area contributed by atoms with Crippen molar-refractivity contribution in [3.8, 4) is 0 Å². The zero-order chi connectivity index (χ0) is 17.6. The first-order valence-electron chi connectivity index (χ1n) is 7.26. The Kier molecular flexibility index (Phi) is 3.88. The molecule has 1 N–H and O–H groups in total. The Bertz CT molecular complexity index is 801. The molecule has 0 spiro atoms. The van der Waals surface area contributed by atoms with Crippen LogP contribution >= 0.6 is 12.2 Å². The number of aliphatic carboxylic acids is 1. The largest absolute Gasteiger partial charge is 0.479 e. The van der Waals surface area contributed by atoms with Crippen LogP contribution in [0.5, 0.6) is 0 Å². The summed E-state index contributed by atoms with van der Waals surface area (Å²) in [5.41, 5.74) is 0.807. The Balaban J connectivity index is 1.90. The molecule has 1 aromatic rings. The number of thiocarbonyl (C=S) groups is 1. The lowest BCUT2D eigenvalue weighted by Gasteiger charge is -2.45. The Hall–Kier alpha value is -2.67. The summed E-state index contributed by atoms with van der Waals surface area (Å²) in [6.45, 7) is 5.17. The average Bonchev–Trinajstić information content (AvgIpc) is 2.85. The van der Waals surface area contributed by atoms with E-state index in [1.807, 2.05) is 0 Å². The summed E-state index contributed by atoms with van der Waals surface area (Å²) in [6.07, 6.45) is 0. The van der Waals surface area contributed by atoms with E-state index in [9.17, 15) is 19.5 Å². The number of nitrogens with zero attached hydrogens (tertiary/aromatic N) is 2. The van der Waals surface area contributed by atoms with Gasteiger partial charge in [-0.25, -0.2) is 4.79 Å². The van der Waals surface area contributed by atoms with Gasteiger partial charge in [-0.1, -0.05) is 49.1 Å². The number of likely N-dealkylation sites (tertiary alicyclic amines) is 1. The first-order chi connectivity index (χ1) is 11.3. The molecule has 24 heavy (non-hydrogen) atoms. The SMILES string of the molecule is C=C(C)C(C(=O)O)N1C(=O)C2N=C(C(=O)c3ccccc3)C(=S)C21. The molecule has 0 aliphatic carbocycles. The molecule has 2 heterocycles. The molecule has 2 aliphatic rings. The van der Waals surface area contributed by atoms with Gasteiger partial charge in [0.05, 0.1) is 4.86 Å². The number of carbonyl (C=O) groups is 3. The third-order valence-electron chi connectivity index (χ3n) is 4.11. The van der Waals surface area contributed by atoms with Crippen molar-refractivity contribution in [2.45, 2.75) is 25.0 Å². The van der Waals surface area contributed by atoms with Crippen molar-refractivity contribution in [1.82, 2.24) is 4.90 Å². The zero-order valence-electron chi connectivity index (χ0n) is 12.8. The van der Waals surface area contributed by atoms with Gasteiger partial charge in [0.15, 0.2) is 12.1 Å². The molecule has 3 unspecified atom stereocenters. The second-order valence-corrected chi connectivity index (χ2v) is 6.20. The molecule has 1 amide bonds. The van der Waals surface area contributed by atoms with Crippen molar-refractivity contribution in [1.29, 1.82) is 0 Å². The van der Waals surface area contributed by atoms with Crippen LogP contribution in [0.15, 0.2) is 47.5 Å². The summed E-state index contributed by atoms with van der Waals surface area (Å²) in [7, 11) is 0. The normalized spacial score (nSPS) is 23.2. The number of hydrogen-bond acceptors (Lipinski definition) is 5. The van der Waals surface area contributed by atoms with Gasteiger partial charge in [-0.2, -0.15) is 0 Å². The van der Waals surface area contributed by atoms with Crippen LogP contribution in [0.25, 0.3) is 0 Å². The summed E-state index contributed by atoms with van der Waals surface area (Å²) in [5, 5.41) is 9.35. The number of β-lactam (4-membered cyclic amide) rings is 1. The van der Waals surface area contributed by atoms with Gasteiger partial charge in [0, 0.05) is 5.56 Å². The summed E-state index contributed by atoms with van der Waals surface area (Å²) in [5.74, 6) is -1.99. The molecule has 0 saturated carbocycles. The van der Waals surface area contributed by atoms with Crippen LogP contribution in [0.1, 0.15) is 17.3 Å². The van der Waals surface area contributed by atoms with Crippen molar-refractivity contribution in [3.63, 3.8) is 0 Å². The van der Waals surface area contributed by atoms with Crippen LogP contribution in [-0.4, -0.2) is 56.4 Å². The molecule has 1 fully saturated rings. The summed E-state index contributed by atoms with van der Waals surface area (Å²) in [4.78, 5) is 41.8. The maximum atomic E-state index is 12.5. The molecule has 7 heteroatoms. The molecule has 2 aliphatic heterocycles. The first kappa shape index (κ1) is 16.2. The molecule has 0 radical (unpaired) electrons. The molecule has 3 rings (SSSR count). The Morgan fingerprint density at radius 2 is 1.96 bits per heavy atom. The van der Waals surface area contributed by atoms with Gasteiger partial charge < -0.3 is 10.0 Å². The number of rotatable bonds is 5. The van der Waals surface area contributed by atoms with Gasteiger partial charge in [-0.15, -0.1) is 0 Å². The van der Waals surface area contributed by atoms with Crippen LogP contribution < -0.4 is 0 Å². The fourth-order valence-electron chi connectivity index (χ4n) is 2.98. The van der Waals surface area contributed by atoms with E-state index < -0.39 is 30.0 Å². The highest BCUT2D eigenvalue weighted by atomic mass is 32.1. The predicted molar refractivity (Wildman–Crippen MR) is 91.5 cm³/mol. The highest BCUT2D eigenvalue weighted by Crippen LogP contribution is 2.34. The van der Waals surface area contributed by atoms with Gasteiger partial charge in [0.1, 0.15) is 11.8 Å². The Labute approximate surface area is 143 Å². The number of aliphatic imine (C=N–C) groups is 1. The van der Waals surface area contributed by atoms with E-state index in [1.165, 1.54) is 6.92 Å². The number of ketones is 1. The molecule has 122 valence electrons. The molecular formula is C17H14N2O4S. The van der Waals surface area contributed by atoms with Crippen molar-refractivity contribution in [2.75, 3.05) is 0 Å². The number of hydrogen-bond donors (Lipinski definition) is 1. The summed E-state index contributed by atoms with van der Waals surface area (Å²) >= 11 is 5.32. The van der Waals surface area contributed by atoms with Crippen LogP contribution in [0, 0.1) is 0 Å². The number of benzene rings is 1. The van der Waals surface area contributed by atoms with Crippen LogP contribution in [0.4, 0.5) is 0 Å². The molecular weight excluding hydrogens is 328 g/mol. The average molecular weight is 342 g/mol. The molecule has 1 saturated heterocycles. The molecule has 6 nitrogen and oxygen atoms in total. The quantitative estimate of drug-likeness (QED) is 0.377. The van der Waals surface area contributed by atoms with E-state index in [-0.39, 0.29) is 16.4 Å². The molecule has 0 bridgehead atoms. The molecule has 0 aromatic heterocycles. The molecule has 3 atom stereocenters. The lowest BCUT2D eigenvalue weighted by atomic mass is 9.89. The van der Waals surface area contributed by atoms with Crippen LogP contribution in [0.3, 0.4) is 0 Å². The first-order valence-corrected chi connectivity index (χ1v) is 7.67. The lowest BCUT2D eigenvalue weighted by molar-refractivity contribution is -0.158. The van der Waals surface area contributed by atoms with Crippen molar-refractivity contribution < 1.29 is 19.5 Å². The van der Waals surface area contributed by atoms with Gasteiger partial charge in [-0.3, -0.25) is 14.6 Å². The van der Waals surface area contributed by atoms with Crippen molar-refractivity contribution in [2.24, 2.45) is 4.99 Å². The third-order valence-corrected chi connectivity index (χ3v) is 4.54. The Morgan fingerprint density at radius 1 is 1.33 bits per heavy atom. The van der Waals surface area contributed by atoms with Crippen molar-refractivity contribution >= 4 is 40.5 Å². The zero-order valence-corrected chi connectivity index (χ0v) is 13.6. The van der Waals surface area contributed by atoms with Crippen molar-refractivity contribution in [3.05, 3.63) is 48.0 Å². The minimum atomic E-state index is -1.18. The number of amides is 1. The minimum absolute atomic E-state index is 0.0629. The predicted octanol–water partition coefficient (Wildman–Crippen LogP) is 1.30. The topological polar surface area (TPSA) is 87.0 Å². The standard InChI is InChI=1S/C17H14N2O4S/c1-8(2)12(17(22)23)19-13-10(16(19)21)18-11(15(13)24)14(20)9-6-4-3-5-7-9/h3-7,10,12-13H,1H2,2H3,(H,22,23). The number of carboxylic acid groups (broad SMARTS) is 1. The smallest absolute Gasteiger partial charge is 0.330 e. The van der Waals surface area contributed by atoms with Gasteiger partial charge in [0.2, 0.25) is 5.78 Å². The highest BCUT2D eigenvalue weighted by molar-refractivity contribution is 7.82. The van der Waals surface area contributed by atoms with E-state index in [0.717, 1.165) is 4.90 Å². The minimum Gasteiger partial charge on any atom is -0.479 e. The van der Waals surface area contributed by atoms with E-state index in [4.69, 9.17) is 12.2 Å². The summed E-state index contributed by atoms with van der Waals surface area (Å²) < 4.78 is 0. The fraction of sp³-hybridized carbons (Fsp3) is 0.235. The molecule has 1 aromatic carbocycles. The monoisotopic (exact) mass is 342 g/mol. The number of carbonyl (C=O) groups excluding carboxylic acids is 2. The van der Waals surface area contributed by atoms with Gasteiger partial charge >= 0.3 is 5.97 Å². The van der Waals surface area contributed by atoms with Gasteiger partial charge in [-0.05, 0) is 12.5 Å². The second kappa shape index (κ2) is 5.76. The van der Waals surface area contributed by atoms with Crippen LogP contribution in [-0.2, 0) is 9.59 Å². The van der Waals surface area contributed by atoms with Crippen LogP contribution in [0.2, 0.25) is 0 Å². The highest BCUT2D eigenvalue weighted by Gasteiger charge is 2.58.